The van der Waals surface area contributed by atoms with Gasteiger partial charge in [-0.1, -0.05) is 19.0 Å². The Kier molecular flexibility index (Phi) is 8.69. The molecule has 0 aliphatic rings. The zero-order valence-corrected chi connectivity index (χ0v) is 17.2. The second-order valence-corrected chi connectivity index (χ2v) is 6.36. The minimum Gasteiger partial charge on any atom is -0.497 e. The van der Waals surface area contributed by atoms with E-state index in [1.165, 1.54) is 13.2 Å². The van der Waals surface area contributed by atoms with Crippen LogP contribution in [0.5, 0.6) is 11.5 Å². The average Bonchev–Trinajstić information content (AvgIpc) is 3.18. The number of ether oxygens (including phenoxy) is 2. The number of hydrogen-bond donors (Lipinski definition) is 2. The van der Waals surface area contributed by atoms with Crippen molar-refractivity contribution in [2.45, 2.75) is 52.3 Å². The van der Waals surface area contributed by atoms with Crippen LogP contribution in [0.15, 0.2) is 33.8 Å². The molecule has 0 amide bonds. The molecule has 0 fully saturated rings. The summed E-state index contributed by atoms with van der Waals surface area (Å²) in [4.78, 5) is 4.14. The predicted octanol–water partition coefficient (Wildman–Crippen LogP) is 4.05. The normalized spacial score (nSPS) is 11.8. The highest BCUT2D eigenvalue weighted by Crippen LogP contribution is 2.25. The van der Waals surface area contributed by atoms with Gasteiger partial charge in [-0.2, -0.15) is 8.78 Å². The molecule has 0 radical (unpaired) electrons. The van der Waals surface area contributed by atoms with Gasteiger partial charge in [-0.3, -0.25) is 4.99 Å². The zero-order valence-electron chi connectivity index (χ0n) is 17.2. The van der Waals surface area contributed by atoms with Gasteiger partial charge >= 0.3 is 6.61 Å². The number of aromatic nitrogens is 1. The third-order valence-electron chi connectivity index (χ3n) is 4.56. The van der Waals surface area contributed by atoms with Gasteiger partial charge in [0.15, 0.2) is 11.7 Å². The molecule has 2 rings (SSSR count). The van der Waals surface area contributed by atoms with Crippen molar-refractivity contribution < 1.29 is 22.8 Å². The Balaban J connectivity index is 1.97. The first kappa shape index (κ1) is 22.4. The lowest BCUT2D eigenvalue weighted by molar-refractivity contribution is -0.0505. The monoisotopic (exact) mass is 410 g/mol. The lowest BCUT2D eigenvalue weighted by atomic mass is 9.99. The first-order valence-electron chi connectivity index (χ1n) is 9.52. The summed E-state index contributed by atoms with van der Waals surface area (Å²) in [7, 11) is 3.13. The van der Waals surface area contributed by atoms with E-state index in [4.69, 9.17) is 9.26 Å². The fourth-order valence-electron chi connectivity index (χ4n) is 2.91. The number of rotatable bonds is 10. The van der Waals surface area contributed by atoms with Crippen LogP contribution in [0, 0.1) is 0 Å². The van der Waals surface area contributed by atoms with E-state index >= 15 is 0 Å². The van der Waals surface area contributed by atoms with Crippen molar-refractivity contribution in [3.63, 3.8) is 0 Å². The van der Waals surface area contributed by atoms with E-state index in [2.05, 4.69) is 39.4 Å². The van der Waals surface area contributed by atoms with Gasteiger partial charge in [0.25, 0.3) is 0 Å². The number of halogens is 2. The van der Waals surface area contributed by atoms with E-state index in [0.29, 0.717) is 35.5 Å². The van der Waals surface area contributed by atoms with Crippen LogP contribution in [-0.4, -0.2) is 31.9 Å². The summed E-state index contributed by atoms with van der Waals surface area (Å²) in [6.07, 6.45) is 2.01. The molecule has 0 saturated carbocycles. The molecular formula is C20H28F2N4O3. The molecular weight excluding hydrogens is 382 g/mol. The second-order valence-electron chi connectivity index (χ2n) is 6.36. The lowest BCUT2D eigenvalue weighted by Crippen LogP contribution is -2.36. The fraction of sp³-hybridized carbons (Fsp3) is 0.500. The highest BCUT2D eigenvalue weighted by molar-refractivity contribution is 5.79. The Hall–Kier alpha value is -2.84. The molecule has 0 bridgehead atoms. The number of nitrogens with zero attached hydrogens (tertiary/aromatic N) is 2. The topological polar surface area (TPSA) is 80.9 Å². The number of methoxy groups -OCH3 is 1. The highest BCUT2D eigenvalue weighted by Gasteiger charge is 2.14. The number of nitrogens with one attached hydrogen (secondary N) is 2. The quantitative estimate of drug-likeness (QED) is 0.454. The first-order valence-corrected chi connectivity index (χ1v) is 9.52. The average molecular weight is 410 g/mol. The van der Waals surface area contributed by atoms with Gasteiger partial charge in [0.1, 0.15) is 11.5 Å². The van der Waals surface area contributed by atoms with E-state index in [1.807, 2.05) is 6.07 Å². The molecule has 0 unspecified atom stereocenters. The van der Waals surface area contributed by atoms with Crippen LogP contribution in [0.1, 0.15) is 49.6 Å². The van der Waals surface area contributed by atoms with Crippen LogP contribution in [0.2, 0.25) is 0 Å². The summed E-state index contributed by atoms with van der Waals surface area (Å²) in [5.74, 6) is 2.18. The minimum atomic E-state index is -2.91. The molecule has 2 N–H and O–H groups in total. The van der Waals surface area contributed by atoms with Crippen molar-refractivity contribution >= 4 is 5.96 Å². The molecule has 1 heterocycles. The van der Waals surface area contributed by atoms with Crippen LogP contribution in [0.4, 0.5) is 8.78 Å². The molecule has 7 nitrogen and oxygen atoms in total. The Morgan fingerprint density at radius 1 is 1.17 bits per heavy atom. The molecule has 1 aromatic carbocycles. The van der Waals surface area contributed by atoms with Crippen molar-refractivity contribution in [3.8, 4) is 11.5 Å². The standard InChI is InChI=1S/C20H28F2N4O3/c1-5-13(6-2)17-10-16(29-26-17)12-25-20(23-3)24-11-14-9-15(27-4)7-8-18(14)28-19(21)22/h7-10,13,19H,5-6,11-12H2,1-4H3,(H2,23,24,25). The SMILES string of the molecule is CCC(CC)c1cc(CNC(=NC)NCc2cc(OC)ccc2OC(F)F)on1. The summed E-state index contributed by atoms with van der Waals surface area (Å²) in [5, 5.41) is 10.3. The summed E-state index contributed by atoms with van der Waals surface area (Å²) in [6.45, 7) is 1.95. The number of hydrogen-bond acceptors (Lipinski definition) is 5. The molecule has 160 valence electrons. The summed E-state index contributed by atoms with van der Waals surface area (Å²) >= 11 is 0. The van der Waals surface area contributed by atoms with Gasteiger partial charge < -0.3 is 24.6 Å². The number of aliphatic imine (C=N–C) groups is 1. The number of benzene rings is 1. The van der Waals surface area contributed by atoms with E-state index in [9.17, 15) is 8.78 Å². The van der Waals surface area contributed by atoms with Gasteiger partial charge in [-0.15, -0.1) is 0 Å². The molecule has 0 spiro atoms. The largest absolute Gasteiger partial charge is 0.497 e. The third kappa shape index (κ3) is 6.62. The molecule has 9 heteroatoms. The van der Waals surface area contributed by atoms with Gasteiger partial charge in [0, 0.05) is 31.1 Å². The maximum absolute atomic E-state index is 12.6. The van der Waals surface area contributed by atoms with Crippen molar-refractivity contribution in [2.75, 3.05) is 14.2 Å². The Morgan fingerprint density at radius 3 is 2.52 bits per heavy atom. The van der Waals surface area contributed by atoms with Crippen LogP contribution in [0.25, 0.3) is 0 Å². The summed E-state index contributed by atoms with van der Waals surface area (Å²) in [5.41, 5.74) is 1.46. The first-order chi connectivity index (χ1) is 14.0. The van der Waals surface area contributed by atoms with E-state index in [-0.39, 0.29) is 12.3 Å². The molecule has 29 heavy (non-hydrogen) atoms. The lowest BCUT2D eigenvalue weighted by Gasteiger charge is -2.15. The van der Waals surface area contributed by atoms with Gasteiger partial charge in [0.2, 0.25) is 0 Å². The zero-order chi connectivity index (χ0) is 21.2. The predicted molar refractivity (Wildman–Crippen MR) is 106 cm³/mol. The van der Waals surface area contributed by atoms with Gasteiger partial charge in [0.05, 0.1) is 19.3 Å². The van der Waals surface area contributed by atoms with Crippen molar-refractivity contribution in [3.05, 3.63) is 41.3 Å². The maximum atomic E-state index is 12.6. The number of guanidine groups is 1. The summed E-state index contributed by atoms with van der Waals surface area (Å²) < 4.78 is 40.4. The molecule has 2 aromatic rings. The molecule has 0 saturated heterocycles. The van der Waals surface area contributed by atoms with E-state index in [1.54, 1.807) is 19.2 Å². The van der Waals surface area contributed by atoms with Crippen LogP contribution >= 0.6 is 0 Å². The Labute approximate surface area is 169 Å². The molecule has 0 aliphatic carbocycles. The highest BCUT2D eigenvalue weighted by atomic mass is 19.3. The van der Waals surface area contributed by atoms with E-state index in [0.717, 1.165) is 18.5 Å². The third-order valence-corrected chi connectivity index (χ3v) is 4.56. The smallest absolute Gasteiger partial charge is 0.387 e. The Morgan fingerprint density at radius 2 is 1.90 bits per heavy atom. The van der Waals surface area contributed by atoms with Crippen molar-refractivity contribution in [2.24, 2.45) is 4.99 Å². The van der Waals surface area contributed by atoms with Crippen LogP contribution in [-0.2, 0) is 13.1 Å². The molecule has 0 atom stereocenters. The van der Waals surface area contributed by atoms with E-state index < -0.39 is 6.61 Å². The Bertz CT molecular complexity index is 792. The molecule has 0 aliphatic heterocycles. The van der Waals surface area contributed by atoms with Crippen LogP contribution < -0.4 is 20.1 Å². The number of alkyl halides is 2. The fourth-order valence-corrected chi connectivity index (χ4v) is 2.91. The van der Waals surface area contributed by atoms with Crippen LogP contribution in [0.3, 0.4) is 0 Å². The van der Waals surface area contributed by atoms with Gasteiger partial charge in [-0.05, 0) is 31.0 Å². The van der Waals surface area contributed by atoms with Crippen molar-refractivity contribution in [1.29, 1.82) is 0 Å². The summed E-state index contributed by atoms with van der Waals surface area (Å²) in [6, 6.07) is 6.59. The second kappa shape index (κ2) is 11.2. The molecule has 1 aromatic heterocycles. The van der Waals surface area contributed by atoms with Gasteiger partial charge in [-0.25, -0.2) is 0 Å². The van der Waals surface area contributed by atoms with Crippen molar-refractivity contribution in [1.82, 2.24) is 15.8 Å². The minimum absolute atomic E-state index is 0.0776. The maximum Gasteiger partial charge on any atom is 0.387 e.